The number of rotatable bonds is 4. The molecule has 1 rings (SSSR count). The Morgan fingerprint density at radius 3 is 3.00 bits per heavy atom. The van der Waals surface area contributed by atoms with Crippen LogP contribution in [0.1, 0.15) is 18.2 Å². The summed E-state index contributed by atoms with van der Waals surface area (Å²) in [5, 5.41) is 4.78. The second-order valence-electron chi connectivity index (χ2n) is 2.96. The predicted octanol–water partition coefficient (Wildman–Crippen LogP) is 1.86. The van der Waals surface area contributed by atoms with Crippen LogP contribution in [0.3, 0.4) is 0 Å². The van der Waals surface area contributed by atoms with E-state index in [1.165, 1.54) is 0 Å². The van der Waals surface area contributed by atoms with Gasteiger partial charge in [0.15, 0.2) is 0 Å². The lowest BCUT2D eigenvalue weighted by atomic mass is 10.2. The van der Waals surface area contributed by atoms with Gasteiger partial charge in [0, 0.05) is 14.7 Å². The monoisotopic (exact) mass is 276 g/mol. The van der Waals surface area contributed by atoms with Crippen molar-refractivity contribution >= 4 is 33.2 Å². The van der Waals surface area contributed by atoms with Gasteiger partial charge >= 0.3 is 0 Å². The van der Waals surface area contributed by atoms with E-state index in [1.54, 1.807) is 11.3 Å². The number of hydrogen-bond acceptors (Lipinski definition) is 3. The standard InChI is InChI=1S/C9H13BrN2OS/c1-2-8(11)9(13)12-4-7-3-6(10)5-14-7/h3,5,8H,2,4,11H2,1H3,(H,12,13)/t8-/m1/s1. The van der Waals surface area contributed by atoms with Gasteiger partial charge in [0.25, 0.3) is 0 Å². The summed E-state index contributed by atoms with van der Waals surface area (Å²) in [6.07, 6.45) is 0.667. The second-order valence-corrected chi connectivity index (χ2v) is 4.88. The molecule has 0 aliphatic heterocycles. The van der Waals surface area contributed by atoms with E-state index in [0.29, 0.717) is 13.0 Å². The Labute approximate surface area is 95.8 Å². The molecular formula is C9H13BrN2OS. The van der Waals surface area contributed by atoms with Crippen LogP contribution in [0.2, 0.25) is 0 Å². The molecule has 0 aromatic carbocycles. The Morgan fingerprint density at radius 1 is 1.79 bits per heavy atom. The molecule has 1 amide bonds. The summed E-state index contributed by atoms with van der Waals surface area (Å²) in [7, 11) is 0. The lowest BCUT2D eigenvalue weighted by Crippen LogP contribution is -2.39. The van der Waals surface area contributed by atoms with E-state index >= 15 is 0 Å². The molecule has 1 atom stereocenters. The molecule has 0 radical (unpaired) electrons. The van der Waals surface area contributed by atoms with E-state index in [1.807, 2.05) is 18.4 Å². The number of amides is 1. The van der Waals surface area contributed by atoms with Gasteiger partial charge in [0.2, 0.25) is 5.91 Å². The Kier molecular flexibility index (Phi) is 4.57. The molecule has 0 fully saturated rings. The van der Waals surface area contributed by atoms with Gasteiger partial charge in [-0.25, -0.2) is 0 Å². The fourth-order valence-electron chi connectivity index (χ4n) is 0.937. The number of thiophene rings is 1. The zero-order valence-electron chi connectivity index (χ0n) is 7.92. The highest BCUT2D eigenvalue weighted by Crippen LogP contribution is 2.19. The molecule has 14 heavy (non-hydrogen) atoms. The molecule has 0 spiro atoms. The summed E-state index contributed by atoms with van der Waals surface area (Å²) < 4.78 is 1.05. The third kappa shape index (κ3) is 3.40. The first-order valence-electron chi connectivity index (χ1n) is 4.39. The van der Waals surface area contributed by atoms with E-state index in [4.69, 9.17) is 5.73 Å². The lowest BCUT2D eigenvalue weighted by molar-refractivity contribution is -0.122. The van der Waals surface area contributed by atoms with Crippen molar-refractivity contribution in [3.05, 3.63) is 20.8 Å². The molecular weight excluding hydrogens is 264 g/mol. The van der Waals surface area contributed by atoms with E-state index < -0.39 is 6.04 Å². The molecule has 0 aliphatic carbocycles. The first kappa shape index (κ1) is 11.7. The molecule has 0 saturated heterocycles. The number of nitrogens with two attached hydrogens (primary N) is 1. The van der Waals surface area contributed by atoms with Crippen molar-refractivity contribution in [1.82, 2.24) is 5.32 Å². The maximum Gasteiger partial charge on any atom is 0.237 e. The smallest absolute Gasteiger partial charge is 0.237 e. The number of carbonyl (C=O) groups is 1. The highest BCUT2D eigenvalue weighted by atomic mass is 79.9. The summed E-state index contributed by atoms with van der Waals surface area (Å²) in [6.45, 7) is 2.45. The summed E-state index contributed by atoms with van der Waals surface area (Å²) in [5.41, 5.74) is 5.57. The molecule has 0 bridgehead atoms. The zero-order valence-corrected chi connectivity index (χ0v) is 10.3. The summed E-state index contributed by atoms with van der Waals surface area (Å²) in [6, 6.07) is 1.60. The Hall–Kier alpha value is -0.390. The van der Waals surface area contributed by atoms with Crippen LogP contribution in [0, 0.1) is 0 Å². The van der Waals surface area contributed by atoms with Crippen molar-refractivity contribution in [3.8, 4) is 0 Å². The fourth-order valence-corrected chi connectivity index (χ4v) is 2.33. The van der Waals surface area contributed by atoms with Crippen molar-refractivity contribution < 1.29 is 4.79 Å². The SMILES string of the molecule is CC[C@@H](N)C(=O)NCc1cc(Br)cs1. The number of hydrogen-bond donors (Lipinski definition) is 2. The maximum absolute atomic E-state index is 11.3. The molecule has 1 aromatic heterocycles. The van der Waals surface area contributed by atoms with Gasteiger partial charge in [-0.15, -0.1) is 11.3 Å². The van der Waals surface area contributed by atoms with Crippen LogP contribution in [0.5, 0.6) is 0 Å². The Bertz CT molecular complexity index is 314. The first-order chi connectivity index (χ1) is 6.63. The van der Waals surface area contributed by atoms with Gasteiger partial charge in [-0.1, -0.05) is 6.92 Å². The molecule has 0 unspecified atom stereocenters. The van der Waals surface area contributed by atoms with Crippen LogP contribution in [0.15, 0.2) is 15.9 Å². The number of carbonyl (C=O) groups excluding carboxylic acids is 1. The minimum Gasteiger partial charge on any atom is -0.350 e. The molecule has 0 saturated carbocycles. The highest BCUT2D eigenvalue weighted by Gasteiger charge is 2.10. The normalized spacial score (nSPS) is 12.5. The van der Waals surface area contributed by atoms with Gasteiger partial charge in [-0.2, -0.15) is 0 Å². The second kappa shape index (κ2) is 5.48. The maximum atomic E-state index is 11.3. The minimum atomic E-state index is -0.390. The van der Waals surface area contributed by atoms with E-state index in [-0.39, 0.29) is 5.91 Å². The quantitative estimate of drug-likeness (QED) is 0.882. The van der Waals surface area contributed by atoms with Gasteiger partial charge in [0.05, 0.1) is 12.6 Å². The van der Waals surface area contributed by atoms with E-state index in [2.05, 4.69) is 21.2 Å². The van der Waals surface area contributed by atoms with Crippen molar-refractivity contribution in [2.45, 2.75) is 25.9 Å². The van der Waals surface area contributed by atoms with Crippen molar-refractivity contribution in [3.63, 3.8) is 0 Å². The van der Waals surface area contributed by atoms with Crippen LogP contribution in [0.25, 0.3) is 0 Å². The lowest BCUT2D eigenvalue weighted by Gasteiger charge is -2.08. The number of nitrogens with one attached hydrogen (secondary N) is 1. The molecule has 1 aromatic rings. The van der Waals surface area contributed by atoms with Crippen molar-refractivity contribution in [1.29, 1.82) is 0 Å². The fraction of sp³-hybridized carbons (Fsp3) is 0.444. The van der Waals surface area contributed by atoms with Crippen LogP contribution in [-0.2, 0) is 11.3 Å². The van der Waals surface area contributed by atoms with E-state index in [9.17, 15) is 4.79 Å². The molecule has 78 valence electrons. The van der Waals surface area contributed by atoms with Gasteiger partial charge < -0.3 is 11.1 Å². The molecule has 0 aliphatic rings. The molecule has 3 N–H and O–H groups in total. The predicted molar refractivity (Wildman–Crippen MR) is 62.1 cm³/mol. The largest absolute Gasteiger partial charge is 0.350 e. The van der Waals surface area contributed by atoms with Gasteiger partial charge in [0.1, 0.15) is 0 Å². The van der Waals surface area contributed by atoms with Crippen molar-refractivity contribution in [2.24, 2.45) is 5.73 Å². The van der Waals surface area contributed by atoms with Crippen LogP contribution < -0.4 is 11.1 Å². The van der Waals surface area contributed by atoms with Crippen LogP contribution in [-0.4, -0.2) is 11.9 Å². The first-order valence-corrected chi connectivity index (χ1v) is 6.07. The minimum absolute atomic E-state index is 0.0861. The molecule has 3 nitrogen and oxygen atoms in total. The summed E-state index contributed by atoms with van der Waals surface area (Å²) in [4.78, 5) is 12.4. The van der Waals surface area contributed by atoms with Crippen LogP contribution in [0.4, 0.5) is 0 Å². The zero-order chi connectivity index (χ0) is 10.6. The molecule has 1 heterocycles. The van der Waals surface area contributed by atoms with Crippen molar-refractivity contribution in [2.75, 3.05) is 0 Å². The highest BCUT2D eigenvalue weighted by molar-refractivity contribution is 9.10. The average Bonchev–Trinajstić information content (AvgIpc) is 2.59. The summed E-state index contributed by atoms with van der Waals surface area (Å²) in [5.74, 6) is -0.0861. The summed E-state index contributed by atoms with van der Waals surface area (Å²) >= 11 is 4.96. The van der Waals surface area contributed by atoms with Gasteiger partial charge in [-0.05, 0) is 28.4 Å². The average molecular weight is 277 g/mol. The number of halogens is 1. The Morgan fingerprint density at radius 2 is 2.50 bits per heavy atom. The third-order valence-electron chi connectivity index (χ3n) is 1.84. The molecule has 5 heteroatoms. The van der Waals surface area contributed by atoms with Gasteiger partial charge in [-0.3, -0.25) is 4.79 Å². The van der Waals surface area contributed by atoms with Crippen LogP contribution >= 0.6 is 27.3 Å². The van der Waals surface area contributed by atoms with E-state index in [0.717, 1.165) is 9.35 Å². The third-order valence-corrected chi connectivity index (χ3v) is 3.53. The Balaban J connectivity index is 2.37. The topological polar surface area (TPSA) is 55.1 Å².